The van der Waals surface area contributed by atoms with Gasteiger partial charge < -0.3 is 16.6 Å². The predicted molar refractivity (Wildman–Crippen MR) is 67.6 cm³/mol. The number of hydrogen-bond acceptors (Lipinski definition) is 2. The van der Waals surface area contributed by atoms with Gasteiger partial charge in [-0.05, 0) is 38.0 Å². The molecule has 17 heavy (non-hydrogen) atoms. The lowest BCUT2D eigenvalue weighted by Crippen LogP contribution is -2.31. The third-order valence-electron chi connectivity index (χ3n) is 3.56. The fourth-order valence-electron chi connectivity index (χ4n) is 2.64. The quantitative estimate of drug-likeness (QED) is 0.499. The Morgan fingerprint density at radius 1 is 1.35 bits per heavy atom. The predicted octanol–water partition coefficient (Wildman–Crippen LogP) is 1.32. The summed E-state index contributed by atoms with van der Waals surface area (Å²) < 4.78 is 0. The van der Waals surface area contributed by atoms with Gasteiger partial charge >= 0.3 is 5.97 Å². The van der Waals surface area contributed by atoms with Crippen LogP contribution in [0.25, 0.3) is 0 Å². The lowest BCUT2D eigenvalue weighted by Gasteiger charge is -2.30. The largest absolute Gasteiger partial charge is 0.481 e. The average molecular weight is 241 g/mol. The molecule has 5 heteroatoms. The van der Waals surface area contributed by atoms with Crippen molar-refractivity contribution < 1.29 is 9.90 Å². The van der Waals surface area contributed by atoms with Crippen LogP contribution in [0.5, 0.6) is 0 Å². The molecule has 1 unspecified atom stereocenters. The standard InChI is InChI=1S/C12H23N3O2/c1-2-3-10(15-12(13)14)8-4-6-9(7-5-8)11(16)17/h8-10H,2-7H2,1H3,(H,16,17)(H4,13,14,15). The van der Waals surface area contributed by atoms with Gasteiger partial charge in [0.05, 0.1) is 12.0 Å². The summed E-state index contributed by atoms with van der Waals surface area (Å²) in [4.78, 5) is 15.2. The number of carboxylic acid groups (broad SMARTS) is 1. The lowest BCUT2D eigenvalue weighted by molar-refractivity contribution is -0.143. The molecular weight excluding hydrogens is 218 g/mol. The Morgan fingerprint density at radius 2 is 1.94 bits per heavy atom. The van der Waals surface area contributed by atoms with E-state index >= 15 is 0 Å². The summed E-state index contributed by atoms with van der Waals surface area (Å²) in [5, 5.41) is 8.94. The van der Waals surface area contributed by atoms with Crippen LogP contribution in [0.3, 0.4) is 0 Å². The molecule has 1 aliphatic rings. The molecule has 98 valence electrons. The van der Waals surface area contributed by atoms with Gasteiger partial charge in [0, 0.05) is 0 Å². The van der Waals surface area contributed by atoms with Crippen molar-refractivity contribution in [1.82, 2.24) is 0 Å². The Labute approximate surface area is 102 Å². The monoisotopic (exact) mass is 241 g/mol. The molecule has 1 saturated carbocycles. The highest BCUT2D eigenvalue weighted by Crippen LogP contribution is 2.33. The Bertz CT molecular complexity index is 279. The van der Waals surface area contributed by atoms with Gasteiger partial charge in [0.15, 0.2) is 5.96 Å². The molecule has 0 aromatic carbocycles. The molecule has 0 spiro atoms. The molecule has 5 N–H and O–H groups in total. The number of rotatable bonds is 5. The molecule has 5 nitrogen and oxygen atoms in total. The van der Waals surface area contributed by atoms with Gasteiger partial charge in [-0.1, -0.05) is 13.3 Å². The summed E-state index contributed by atoms with van der Waals surface area (Å²) >= 11 is 0. The first-order valence-electron chi connectivity index (χ1n) is 6.36. The molecule has 0 aromatic rings. The van der Waals surface area contributed by atoms with Crippen molar-refractivity contribution in [2.75, 3.05) is 0 Å². The third-order valence-corrected chi connectivity index (χ3v) is 3.56. The van der Waals surface area contributed by atoms with Crippen LogP contribution in [0.15, 0.2) is 4.99 Å². The van der Waals surface area contributed by atoms with E-state index in [0.717, 1.165) is 38.5 Å². The van der Waals surface area contributed by atoms with E-state index in [0.29, 0.717) is 5.92 Å². The Kier molecular flexibility index (Phi) is 5.25. The second kappa shape index (κ2) is 6.47. The molecule has 1 aliphatic carbocycles. The van der Waals surface area contributed by atoms with Gasteiger partial charge in [-0.25, -0.2) is 0 Å². The van der Waals surface area contributed by atoms with Crippen LogP contribution in [0, 0.1) is 11.8 Å². The number of carbonyl (C=O) groups is 1. The topological polar surface area (TPSA) is 102 Å². The smallest absolute Gasteiger partial charge is 0.306 e. The first-order valence-corrected chi connectivity index (χ1v) is 6.36. The van der Waals surface area contributed by atoms with Crippen LogP contribution >= 0.6 is 0 Å². The summed E-state index contributed by atoms with van der Waals surface area (Å²) in [6, 6.07) is 0.166. The van der Waals surface area contributed by atoms with E-state index < -0.39 is 5.97 Å². The number of aliphatic imine (C=N–C) groups is 1. The fourth-order valence-corrected chi connectivity index (χ4v) is 2.64. The summed E-state index contributed by atoms with van der Waals surface area (Å²) in [5.41, 5.74) is 10.9. The van der Waals surface area contributed by atoms with Crippen LogP contribution < -0.4 is 11.5 Å². The van der Waals surface area contributed by atoms with Crippen molar-refractivity contribution in [3.8, 4) is 0 Å². The van der Waals surface area contributed by atoms with Crippen LogP contribution in [0.4, 0.5) is 0 Å². The Balaban J connectivity index is 2.54. The first kappa shape index (κ1) is 13.8. The van der Waals surface area contributed by atoms with Crippen LogP contribution in [0.1, 0.15) is 45.4 Å². The number of nitrogens with two attached hydrogens (primary N) is 2. The number of aliphatic carboxylic acids is 1. The van der Waals surface area contributed by atoms with E-state index in [1.165, 1.54) is 0 Å². The minimum absolute atomic E-state index is 0.142. The Hall–Kier alpha value is -1.26. The minimum atomic E-state index is -0.669. The zero-order valence-electron chi connectivity index (χ0n) is 10.4. The van der Waals surface area contributed by atoms with Gasteiger partial charge in [-0.3, -0.25) is 9.79 Å². The van der Waals surface area contributed by atoms with E-state index in [-0.39, 0.29) is 17.9 Å². The summed E-state index contributed by atoms with van der Waals surface area (Å²) in [6.07, 6.45) is 5.35. The first-order chi connectivity index (χ1) is 8.04. The molecule has 0 radical (unpaired) electrons. The van der Waals surface area contributed by atoms with Crippen molar-refractivity contribution in [2.45, 2.75) is 51.5 Å². The molecule has 0 amide bonds. The average Bonchev–Trinajstić information content (AvgIpc) is 2.28. The normalized spacial score (nSPS) is 26.2. The fraction of sp³-hybridized carbons (Fsp3) is 0.833. The van der Waals surface area contributed by atoms with E-state index in [2.05, 4.69) is 11.9 Å². The zero-order valence-corrected chi connectivity index (χ0v) is 10.4. The molecule has 1 atom stereocenters. The maximum atomic E-state index is 10.9. The van der Waals surface area contributed by atoms with Gasteiger partial charge in [0.25, 0.3) is 0 Å². The number of nitrogens with zero attached hydrogens (tertiary/aromatic N) is 1. The second-order valence-corrected chi connectivity index (χ2v) is 4.86. The number of hydrogen-bond donors (Lipinski definition) is 3. The van der Waals surface area contributed by atoms with Gasteiger partial charge in [0.1, 0.15) is 0 Å². The zero-order chi connectivity index (χ0) is 12.8. The molecule has 1 rings (SSSR count). The van der Waals surface area contributed by atoms with Crippen LogP contribution in [0.2, 0.25) is 0 Å². The maximum absolute atomic E-state index is 10.9. The van der Waals surface area contributed by atoms with Crippen molar-refractivity contribution in [3.05, 3.63) is 0 Å². The molecule has 1 fully saturated rings. The van der Waals surface area contributed by atoms with Crippen molar-refractivity contribution in [1.29, 1.82) is 0 Å². The molecule has 0 aliphatic heterocycles. The van der Waals surface area contributed by atoms with Crippen LogP contribution in [-0.4, -0.2) is 23.1 Å². The van der Waals surface area contributed by atoms with Gasteiger partial charge in [-0.15, -0.1) is 0 Å². The highest BCUT2D eigenvalue weighted by molar-refractivity contribution is 5.75. The van der Waals surface area contributed by atoms with E-state index in [9.17, 15) is 4.79 Å². The lowest BCUT2D eigenvalue weighted by atomic mass is 9.77. The van der Waals surface area contributed by atoms with Crippen molar-refractivity contribution in [3.63, 3.8) is 0 Å². The highest BCUT2D eigenvalue weighted by Gasteiger charge is 2.30. The molecule has 0 heterocycles. The van der Waals surface area contributed by atoms with Crippen molar-refractivity contribution in [2.24, 2.45) is 28.3 Å². The number of carboxylic acids is 1. The molecule has 0 bridgehead atoms. The second-order valence-electron chi connectivity index (χ2n) is 4.86. The third kappa shape index (κ3) is 4.24. The summed E-state index contributed by atoms with van der Waals surface area (Å²) in [7, 11) is 0. The van der Waals surface area contributed by atoms with Crippen LogP contribution in [-0.2, 0) is 4.79 Å². The van der Waals surface area contributed by atoms with Crippen molar-refractivity contribution >= 4 is 11.9 Å². The van der Waals surface area contributed by atoms with Gasteiger partial charge in [0.2, 0.25) is 0 Å². The minimum Gasteiger partial charge on any atom is -0.481 e. The van der Waals surface area contributed by atoms with E-state index in [4.69, 9.17) is 16.6 Å². The van der Waals surface area contributed by atoms with E-state index in [1.54, 1.807) is 0 Å². The molecule has 0 aromatic heterocycles. The number of guanidine groups is 1. The van der Waals surface area contributed by atoms with E-state index in [1.807, 2.05) is 0 Å². The molecule has 0 saturated heterocycles. The summed E-state index contributed by atoms with van der Waals surface area (Å²) in [6.45, 7) is 2.11. The summed E-state index contributed by atoms with van der Waals surface area (Å²) in [5.74, 6) is -0.262. The SMILES string of the molecule is CCCC(N=C(N)N)C1CCC(C(=O)O)CC1. The molecular formula is C12H23N3O2. The van der Waals surface area contributed by atoms with Gasteiger partial charge in [-0.2, -0.15) is 0 Å². The highest BCUT2D eigenvalue weighted by atomic mass is 16.4. The Morgan fingerprint density at radius 3 is 2.35 bits per heavy atom. The maximum Gasteiger partial charge on any atom is 0.306 e.